The second-order valence-corrected chi connectivity index (χ2v) is 9.47. The fourth-order valence-corrected chi connectivity index (χ4v) is 5.18. The molecule has 5 aromatic rings. The van der Waals surface area contributed by atoms with Crippen LogP contribution in [0.4, 0.5) is 0 Å². The van der Waals surface area contributed by atoms with E-state index < -0.39 is 0 Å². The number of benzene rings is 3. The predicted octanol–water partition coefficient (Wildman–Crippen LogP) is 6.72. The number of para-hydroxylation sites is 1. The lowest BCUT2D eigenvalue weighted by molar-refractivity contribution is -0.660. The third-order valence-corrected chi connectivity index (χ3v) is 6.77. The van der Waals surface area contributed by atoms with E-state index in [0.29, 0.717) is 6.61 Å². The van der Waals surface area contributed by atoms with Crippen LogP contribution in [-0.2, 0) is 12.5 Å². The number of hydrogen-bond donors (Lipinski definition) is 0. The first kappa shape index (κ1) is 19.1. The van der Waals surface area contributed by atoms with Gasteiger partial charge in [-0.15, -0.1) is 0 Å². The number of aromatic nitrogens is 1. The van der Waals surface area contributed by atoms with E-state index in [-0.39, 0.29) is 5.41 Å². The van der Waals surface area contributed by atoms with Crippen molar-refractivity contribution in [2.24, 2.45) is 7.05 Å². The summed E-state index contributed by atoms with van der Waals surface area (Å²) in [5.74, 6) is 0.980. The van der Waals surface area contributed by atoms with Gasteiger partial charge in [-0.1, -0.05) is 56.3 Å². The average Bonchev–Trinajstić information content (AvgIpc) is 3.31. The zero-order valence-electron chi connectivity index (χ0n) is 18.9. The highest BCUT2D eigenvalue weighted by molar-refractivity contribution is 6.13. The van der Waals surface area contributed by atoms with Gasteiger partial charge in [0.1, 0.15) is 24.0 Å². The number of furan rings is 1. The summed E-state index contributed by atoms with van der Waals surface area (Å²) in [7, 11) is 2.08. The van der Waals surface area contributed by atoms with Crippen LogP contribution in [0.25, 0.3) is 44.3 Å². The van der Waals surface area contributed by atoms with E-state index in [1.54, 1.807) is 0 Å². The van der Waals surface area contributed by atoms with Gasteiger partial charge in [-0.25, -0.2) is 4.57 Å². The van der Waals surface area contributed by atoms with Crippen LogP contribution in [0.2, 0.25) is 0 Å². The highest BCUT2D eigenvalue weighted by Gasteiger charge is 2.35. The minimum absolute atomic E-state index is 0.0420. The van der Waals surface area contributed by atoms with Gasteiger partial charge in [-0.2, -0.15) is 0 Å². The fraction of sp³-hybridized carbons (Fsp3) is 0.207. The molecule has 32 heavy (non-hydrogen) atoms. The van der Waals surface area contributed by atoms with Crippen LogP contribution < -0.4 is 9.30 Å². The minimum Gasteiger partial charge on any atom is -0.492 e. The molecule has 3 aromatic carbocycles. The van der Waals surface area contributed by atoms with Gasteiger partial charge in [-0.3, -0.25) is 0 Å². The van der Waals surface area contributed by atoms with E-state index in [1.807, 2.05) is 0 Å². The summed E-state index contributed by atoms with van der Waals surface area (Å²) >= 11 is 0. The maximum atomic E-state index is 6.73. The van der Waals surface area contributed by atoms with E-state index in [2.05, 4.69) is 105 Å². The average molecular weight is 421 g/mol. The standard InChI is InChI=1S/C29H26NO2/c1-18-14-15-22-21-11-7-10-20(19-9-8-13-24-26(19)29(2,3)17-31-24)27(21)32-28(22)25(18)23-12-5-6-16-30(23)4/h5-16H,17H2,1-4H3/q+1. The van der Waals surface area contributed by atoms with Crippen molar-refractivity contribution >= 4 is 21.9 Å². The smallest absolute Gasteiger partial charge is 0.216 e. The molecule has 158 valence electrons. The maximum Gasteiger partial charge on any atom is 0.216 e. The highest BCUT2D eigenvalue weighted by atomic mass is 16.5. The van der Waals surface area contributed by atoms with Gasteiger partial charge in [0, 0.05) is 39.4 Å². The Kier molecular flexibility index (Phi) is 4.00. The molecule has 3 heterocycles. The molecule has 0 spiro atoms. The SMILES string of the molecule is Cc1ccc2c(oc3c(-c4cccc5c4C(C)(C)CO5)cccc32)c1-c1cccc[n+]1C. The minimum atomic E-state index is -0.0420. The van der Waals surface area contributed by atoms with Crippen LogP contribution in [-0.4, -0.2) is 6.61 Å². The summed E-state index contributed by atoms with van der Waals surface area (Å²) < 4.78 is 14.9. The van der Waals surface area contributed by atoms with Gasteiger partial charge < -0.3 is 9.15 Å². The summed E-state index contributed by atoms with van der Waals surface area (Å²) in [6, 6.07) is 23.5. The molecule has 6 rings (SSSR count). The molecule has 0 unspecified atom stereocenters. The number of rotatable bonds is 2. The quantitative estimate of drug-likeness (QED) is 0.296. The van der Waals surface area contributed by atoms with E-state index in [4.69, 9.17) is 9.15 Å². The van der Waals surface area contributed by atoms with Crippen molar-refractivity contribution in [3.63, 3.8) is 0 Å². The largest absolute Gasteiger partial charge is 0.492 e. The van der Waals surface area contributed by atoms with Crippen molar-refractivity contribution in [2.45, 2.75) is 26.2 Å². The molecule has 2 aromatic heterocycles. The summed E-state index contributed by atoms with van der Waals surface area (Å²) in [5.41, 5.74) is 8.91. The van der Waals surface area contributed by atoms with Gasteiger partial charge in [0.05, 0.1) is 12.2 Å². The molecule has 0 fully saturated rings. The zero-order valence-corrected chi connectivity index (χ0v) is 18.9. The molecule has 0 saturated heterocycles. The zero-order chi connectivity index (χ0) is 22.0. The van der Waals surface area contributed by atoms with Crippen LogP contribution in [0, 0.1) is 6.92 Å². The lowest BCUT2D eigenvalue weighted by atomic mass is 9.81. The van der Waals surface area contributed by atoms with E-state index in [1.165, 1.54) is 16.7 Å². The number of ether oxygens (including phenoxy) is 1. The Hall–Kier alpha value is -3.59. The molecular formula is C29H26NO2+. The van der Waals surface area contributed by atoms with Gasteiger partial charge in [0.15, 0.2) is 6.20 Å². The lowest BCUT2D eigenvalue weighted by Gasteiger charge is -2.19. The Labute approximate surface area is 187 Å². The molecular weight excluding hydrogens is 394 g/mol. The monoisotopic (exact) mass is 420 g/mol. The number of pyridine rings is 1. The first-order valence-corrected chi connectivity index (χ1v) is 11.1. The second kappa shape index (κ2) is 6.70. The van der Waals surface area contributed by atoms with Gasteiger partial charge in [0.25, 0.3) is 0 Å². The van der Waals surface area contributed by atoms with Crippen LogP contribution in [0.15, 0.2) is 77.3 Å². The lowest BCUT2D eigenvalue weighted by Crippen LogP contribution is -2.30. The molecule has 0 atom stereocenters. The Balaban J connectivity index is 1.69. The molecule has 0 N–H and O–H groups in total. The molecule has 0 bridgehead atoms. The van der Waals surface area contributed by atoms with Crippen molar-refractivity contribution in [1.82, 2.24) is 0 Å². The third-order valence-electron chi connectivity index (χ3n) is 6.77. The molecule has 3 nitrogen and oxygen atoms in total. The Bertz CT molecular complexity index is 1520. The van der Waals surface area contributed by atoms with Crippen LogP contribution in [0.3, 0.4) is 0 Å². The van der Waals surface area contributed by atoms with Crippen molar-refractivity contribution in [3.05, 3.63) is 84.1 Å². The normalized spacial score (nSPS) is 14.6. The van der Waals surface area contributed by atoms with E-state index in [9.17, 15) is 0 Å². The molecule has 0 radical (unpaired) electrons. The fourth-order valence-electron chi connectivity index (χ4n) is 5.18. The Morgan fingerprint density at radius 1 is 0.812 bits per heavy atom. The second-order valence-electron chi connectivity index (χ2n) is 9.47. The van der Waals surface area contributed by atoms with Crippen molar-refractivity contribution < 1.29 is 13.7 Å². The van der Waals surface area contributed by atoms with Crippen molar-refractivity contribution in [2.75, 3.05) is 6.61 Å². The first-order chi connectivity index (χ1) is 15.5. The molecule has 0 aliphatic carbocycles. The van der Waals surface area contributed by atoms with Crippen molar-refractivity contribution in [3.8, 4) is 28.1 Å². The maximum absolute atomic E-state index is 6.73. The molecule has 1 aliphatic rings. The Morgan fingerprint density at radius 2 is 1.59 bits per heavy atom. The molecule has 3 heteroatoms. The van der Waals surface area contributed by atoms with Gasteiger partial charge in [0.2, 0.25) is 5.69 Å². The first-order valence-electron chi connectivity index (χ1n) is 11.1. The number of nitrogens with zero attached hydrogens (tertiary/aromatic N) is 1. The predicted molar refractivity (Wildman–Crippen MR) is 129 cm³/mol. The summed E-state index contributed by atoms with van der Waals surface area (Å²) in [6.07, 6.45) is 2.08. The molecule has 0 amide bonds. The highest BCUT2D eigenvalue weighted by Crippen LogP contribution is 2.47. The third kappa shape index (κ3) is 2.64. The van der Waals surface area contributed by atoms with Crippen LogP contribution in [0.1, 0.15) is 25.0 Å². The van der Waals surface area contributed by atoms with Crippen molar-refractivity contribution in [1.29, 1.82) is 0 Å². The van der Waals surface area contributed by atoms with Gasteiger partial charge in [-0.05, 0) is 30.2 Å². The van der Waals surface area contributed by atoms with E-state index >= 15 is 0 Å². The number of fused-ring (bicyclic) bond motifs is 4. The van der Waals surface area contributed by atoms with E-state index in [0.717, 1.165) is 44.5 Å². The summed E-state index contributed by atoms with van der Waals surface area (Å²) in [4.78, 5) is 0. The summed E-state index contributed by atoms with van der Waals surface area (Å²) in [6.45, 7) is 7.35. The Morgan fingerprint density at radius 3 is 2.44 bits per heavy atom. The van der Waals surface area contributed by atoms with Crippen LogP contribution in [0.5, 0.6) is 5.75 Å². The molecule has 0 saturated carbocycles. The topological polar surface area (TPSA) is 26.2 Å². The number of aryl methyl sites for hydroxylation is 2. The van der Waals surface area contributed by atoms with Gasteiger partial charge >= 0.3 is 0 Å². The van der Waals surface area contributed by atoms with Crippen LogP contribution >= 0.6 is 0 Å². The summed E-state index contributed by atoms with van der Waals surface area (Å²) in [5, 5.41) is 2.29. The molecule has 1 aliphatic heterocycles. The number of hydrogen-bond acceptors (Lipinski definition) is 2.